The first-order chi connectivity index (χ1) is 9.92. The first-order valence-corrected chi connectivity index (χ1v) is 6.10. The zero-order chi connectivity index (χ0) is 15.6. The van der Waals surface area contributed by atoms with E-state index < -0.39 is 5.97 Å². The number of nitrogens with zero attached hydrogens (tertiary/aromatic N) is 2. The minimum absolute atomic E-state index is 0.00637. The van der Waals surface area contributed by atoms with Crippen molar-refractivity contribution in [3.05, 3.63) is 46.6 Å². The maximum absolute atomic E-state index is 10.8. The van der Waals surface area contributed by atoms with E-state index in [4.69, 9.17) is 20.8 Å². The van der Waals surface area contributed by atoms with E-state index in [2.05, 4.69) is 11.1 Å². The van der Waals surface area contributed by atoms with Crippen LogP contribution in [0.1, 0.15) is 27.0 Å². The number of nitriles is 1. The highest BCUT2D eigenvalue weighted by Crippen LogP contribution is 2.31. The number of hydrogen-bond donors (Lipinski definition) is 2. The van der Waals surface area contributed by atoms with Crippen molar-refractivity contribution < 1.29 is 14.6 Å². The summed E-state index contributed by atoms with van der Waals surface area (Å²) in [6.45, 7) is 3.62. The van der Waals surface area contributed by atoms with Gasteiger partial charge in [0.2, 0.25) is 5.88 Å². The van der Waals surface area contributed by atoms with Gasteiger partial charge in [0.15, 0.2) is 0 Å². The number of benzene rings is 1. The number of aryl methyl sites for hydroxylation is 2. The Morgan fingerprint density at radius 1 is 1.33 bits per heavy atom. The molecule has 1 aromatic heterocycles. The van der Waals surface area contributed by atoms with Crippen LogP contribution in [0, 0.1) is 25.2 Å². The maximum atomic E-state index is 10.8. The van der Waals surface area contributed by atoms with Crippen molar-refractivity contribution in [2.75, 3.05) is 5.73 Å². The third-order valence-corrected chi connectivity index (χ3v) is 2.91. The van der Waals surface area contributed by atoms with Crippen LogP contribution >= 0.6 is 0 Å². The molecule has 21 heavy (non-hydrogen) atoms. The van der Waals surface area contributed by atoms with Crippen LogP contribution in [0.2, 0.25) is 0 Å². The molecular weight excluding hydrogens is 270 g/mol. The van der Waals surface area contributed by atoms with E-state index in [1.165, 1.54) is 12.3 Å². The number of hydrogen-bond acceptors (Lipinski definition) is 5. The SMILES string of the molecule is Cc1cc(C#N)cc(C)c1Oc1ncc(C(=O)O)cc1N. The topological polar surface area (TPSA) is 109 Å². The summed E-state index contributed by atoms with van der Waals surface area (Å²) in [5.74, 6) is -0.418. The standard InChI is InChI=1S/C15H13N3O3/c1-8-3-10(6-16)4-9(2)13(8)21-14-12(17)5-11(7-18-14)15(19)20/h3-5,7H,17H2,1-2H3,(H,19,20). The fraction of sp³-hybridized carbons (Fsp3) is 0.133. The van der Waals surface area contributed by atoms with Crippen molar-refractivity contribution in [3.8, 4) is 17.7 Å². The highest BCUT2D eigenvalue weighted by Gasteiger charge is 2.13. The average molecular weight is 283 g/mol. The predicted molar refractivity (Wildman–Crippen MR) is 76.3 cm³/mol. The Labute approximate surface area is 121 Å². The van der Waals surface area contributed by atoms with Crippen molar-refractivity contribution in [2.45, 2.75) is 13.8 Å². The Kier molecular flexibility index (Phi) is 3.76. The quantitative estimate of drug-likeness (QED) is 0.896. The number of aromatic nitrogens is 1. The molecule has 106 valence electrons. The van der Waals surface area contributed by atoms with Crippen LogP contribution < -0.4 is 10.5 Å². The first-order valence-electron chi connectivity index (χ1n) is 6.10. The van der Waals surface area contributed by atoms with E-state index in [1.807, 2.05) is 13.8 Å². The van der Waals surface area contributed by atoms with E-state index >= 15 is 0 Å². The summed E-state index contributed by atoms with van der Waals surface area (Å²) in [4.78, 5) is 14.8. The van der Waals surface area contributed by atoms with E-state index in [9.17, 15) is 4.79 Å². The molecule has 0 bridgehead atoms. The largest absolute Gasteiger partial charge is 0.478 e. The Bertz CT molecular complexity index is 740. The molecule has 2 aromatic rings. The number of nitrogen functional groups attached to an aromatic ring is 1. The smallest absolute Gasteiger partial charge is 0.337 e. The van der Waals surface area contributed by atoms with Gasteiger partial charge in [-0.2, -0.15) is 5.26 Å². The maximum Gasteiger partial charge on any atom is 0.337 e. The average Bonchev–Trinajstić information content (AvgIpc) is 2.43. The number of carbonyl (C=O) groups is 1. The van der Waals surface area contributed by atoms with Gasteiger partial charge in [-0.05, 0) is 43.2 Å². The van der Waals surface area contributed by atoms with Gasteiger partial charge in [-0.25, -0.2) is 9.78 Å². The molecule has 0 aliphatic carbocycles. The van der Waals surface area contributed by atoms with E-state index in [-0.39, 0.29) is 17.1 Å². The molecule has 1 heterocycles. The second-order valence-corrected chi connectivity index (χ2v) is 4.58. The molecule has 6 heteroatoms. The van der Waals surface area contributed by atoms with Crippen molar-refractivity contribution in [1.29, 1.82) is 5.26 Å². The van der Waals surface area contributed by atoms with Crippen LogP contribution in [0.5, 0.6) is 11.6 Å². The molecule has 0 saturated heterocycles. The number of pyridine rings is 1. The number of nitrogens with two attached hydrogens (primary N) is 1. The summed E-state index contributed by atoms with van der Waals surface area (Å²) < 4.78 is 5.67. The van der Waals surface area contributed by atoms with Crippen molar-refractivity contribution in [2.24, 2.45) is 0 Å². The normalized spacial score (nSPS) is 9.95. The Morgan fingerprint density at radius 2 is 1.95 bits per heavy atom. The zero-order valence-electron chi connectivity index (χ0n) is 11.5. The molecule has 0 spiro atoms. The fourth-order valence-electron chi connectivity index (χ4n) is 1.94. The fourth-order valence-corrected chi connectivity index (χ4v) is 1.94. The van der Waals surface area contributed by atoms with Gasteiger partial charge in [-0.15, -0.1) is 0 Å². The number of aromatic carboxylic acids is 1. The summed E-state index contributed by atoms with van der Waals surface area (Å²) >= 11 is 0. The van der Waals surface area contributed by atoms with Gasteiger partial charge in [-0.1, -0.05) is 0 Å². The van der Waals surface area contributed by atoms with Crippen LogP contribution in [-0.4, -0.2) is 16.1 Å². The van der Waals surface area contributed by atoms with Gasteiger partial charge in [0.1, 0.15) is 5.75 Å². The Balaban J connectivity index is 2.39. The van der Waals surface area contributed by atoms with Crippen LogP contribution in [-0.2, 0) is 0 Å². The molecule has 0 atom stereocenters. The molecule has 0 aliphatic rings. The Hall–Kier alpha value is -3.07. The number of anilines is 1. The van der Waals surface area contributed by atoms with Gasteiger partial charge in [0.05, 0.1) is 22.9 Å². The van der Waals surface area contributed by atoms with E-state index in [0.29, 0.717) is 11.3 Å². The monoisotopic (exact) mass is 283 g/mol. The van der Waals surface area contributed by atoms with Gasteiger partial charge in [-0.3, -0.25) is 0 Å². The summed E-state index contributed by atoms with van der Waals surface area (Å²) in [6.07, 6.45) is 1.18. The molecule has 0 aliphatic heterocycles. The number of carboxylic acids is 1. The first kappa shape index (κ1) is 14.3. The molecule has 2 rings (SSSR count). The number of carboxylic acid groups (broad SMARTS) is 1. The van der Waals surface area contributed by atoms with Crippen LogP contribution in [0.4, 0.5) is 5.69 Å². The molecule has 6 nitrogen and oxygen atoms in total. The lowest BCUT2D eigenvalue weighted by molar-refractivity contribution is 0.0696. The van der Waals surface area contributed by atoms with Crippen molar-refractivity contribution in [3.63, 3.8) is 0 Å². The third-order valence-electron chi connectivity index (χ3n) is 2.91. The molecular formula is C15H13N3O3. The second kappa shape index (κ2) is 5.51. The lowest BCUT2D eigenvalue weighted by Crippen LogP contribution is -2.03. The minimum atomic E-state index is -1.11. The number of ether oxygens (including phenoxy) is 1. The van der Waals surface area contributed by atoms with Crippen LogP contribution in [0.25, 0.3) is 0 Å². The van der Waals surface area contributed by atoms with Gasteiger partial charge in [0.25, 0.3) is 0 Å². The molecule has 0 fully saturated rings. The number of rotatable bonds is 3. The van der Waals surface area contributed by atoms with Crippen molar-refractivity contribution >= 4 is 11.7 Å². The summed E-state index contributed by atoms with van der Waals surface area (Å²) in [7, 11) is 0. The summed E-state index contributed by atoms with van der Waals surface area (Å²) in [6, 6.07) is 6.76. The van der Waals surface area contributed by atoms with Gasteiger partial charge in [0, 0.05) is 6.20 Å². The van der Waals surface area contributed by atoms with E-state index in [0.717, 1.165) is 11.1 Å². The van der Waals surface area contributed by atoms with Crippen LogP contribution in [0.15, 0.2) is 24.4 Å². The van der Waals surface area contributed by atoms with Crippen LogP contribution in [0.3, 0.4) is 0 Å². The third kappa shape index (κ3) is 2.92. The Morgan fingerprint density at radius 3 is 2.43 bits per heavy atom. The molecule has 0 unspecified atom stereocenters. The predicted octanol–water partition coefficient (Wildman–Crippen LogP) is 2.64. The summed E-state index contributed by atoms with van der Waals surface area (Å²) in [5, 5.41) is 17.8. The molecule has 0 amide bonds. The zero-order valence-corrected chi connectivity index (χ0v) is 11.5. The van der Waals surface area contributed by atoms with Gasteiger partial charge >= 0.3 is 5.97 Å². The lowest BCUT2D eigenvalue weighted by atomic mass is 10.1. The molecule has 0 radical (unpaired) electrons. The second-order valence-electron chi connectivity index (χ2n) is 4.58. The summed E-state index contributed by atoms with van der Waals surface area (Å²) in [5.41, 5.74) is 7.98. The lowest BCUT2D eigenvalue weighted by Gasteiger charge is -2.13. The van der Waals surface area contributed by atoms with E-state index in [1.54, 1.807) is 12.1 Å². The highest BCUT2D eigenvalue weighted by atomic mass is 16.5. The molecule has 1 aromatic carbocycles. The highest BCUT2D eigenvalue weighted by molar-refractivity contribution is 5.88. The minimum Gasteiger partial charge on any atom is -0.478 e. The van der Waals surface area contributed by atoms with Gasteiger partial charge < -0.3 is 15.6 Å². The molecule has 3 N–H and O–H groups in total. The molecule has 0 saturated carbocycles. The van der Waals surface area contributed by atoms with Crippen molar-refractivity contribution in [1.82, 2.24) is 4.98 Å².